The normalized spacial score (nSPS) is 11.9. The van der Waals surface area contributed by atoms with Gasteiger partial charge >= 0.3 is 0 Å². The number of benzene rings is 1. The molecule has 0 radical (unpaired) electrons. The van der Waals surface area contributed by atoms with Gasteiger partial charge in [-0.15, -0.1) is 0 Å². The van der Waals surface area contributed by atoms with E-state index < -0.39 is 14.9 Å². The third kappa shape index (κ3) is 3.99. The Bertz CT molecular complexity index is 629. The summed E-state index contributed by atoms with van der Waals surface area (Å²) in [6.07, 6.45) is 0.630. The molecule has 1 N–H and O–H groups in total. The highest BCUT2D eigenvalue weighted by molar-refractivity contribution is 7.89. The van der Waals surface area contributed by atoms with Crippen molar-refractivity contribution in [2.24, 2.45) is 0 Å². The highest BCUT2D eigenvalue weighted by atomic mass is 32.2. The minimum atomic E-state index is -3.87. The molecule has 7 nitrogen and oxygen atoms in total. The van der Waals surface area contributed by atoms with Crippen molar-refractivity contribution in [3.8, 4) is 0 Å². The number of nitro benzene ring substituents is 1. The van der Waals surface area contributed by atoms with Gasteiger partial charge in [0.25, 0.3) is 5.69 Å². The van der Waals surface area contributed by atoms with Crippen LogP contribution < -0.4 is 5.32 Å². The van der Waals surface area contributed by atoms with Crippen LogP contribution in [0.4, 0.5) is 5.69 Å². The summed E-state index contributed by atoms with van der Waals surface area (Å²) in [5.41, 5.74) is 1.03. The number of hydrogen-bond acceptors (Lipinski definition) is 5. The fourth-order valence-electron chi connectivity index (χ4n) is 1.89. The molecule has 21 heavy (non-hydrogen) atoms. The molecule has 0 aliphatic carbocycles. The smallest absolute Gasteiger partial charge is 0.289 e. The van der Waals surface area contributed by atoms with Gasteiger partial charge in [0.15, 0.2) is 4.90 Å². The first-order chi connectivity index (χ1) is 9.71. The Kier molecular flexibility index (Phi) is 5.82. The first-order valence-electron chi connectivity index (χ1n) is 6.58. The van der Waals surface area contributed by atoms with E-state index in [1.807, 2.05) is 0 Å². The molecule has 0 unspecified atom stereocenters. The van der Waals surface area contributed by atoms with E-state index >= 15 is 0 Å². The van der Waals surface area contributed by atoms with Crippen molar-refractivity contribution >= 4 is 15.7 Å². The maximum absolute atomic E-state index is 12.5. The predicted octanol–water partition coefficient (Wildman–Crippen LogP) is 1.44. The van der Waals surface area contributed by atoms with Gasteiger partial charge in [-0.05, 0) is 51.1 Å². The van der Waals surface area contributed by atoms with E-state index in [0.717, 1.165) is 4.31 Å². The molecule has 0 saturated carbocycles. The molecule has 8 heteroatoms. The van der Waals surface area contributed by atoms with E-state index in [2.05, 4.69) is 5.32 Å². The van der Waals surface area contributed by atoms with Crippen molar-refractivity contribution in [2.75, 3.05) is 27.2 Å². The van der Waals surface area contributed by atoms with Crippen LogP contribution in [0, 0.1) is 24.0 Å². The lowest BCUT2D eigenvalue weighted by atomic mass is 10.1. The lowest BCUT2D eigenvalue weighted by Crippen LogP contribution is -2.30. The monoisotopic (exact) mass is 315 g/mol. The minimum Gasteiger partial charge on any atom is -0.320 e. The highest BCUT2D eigenvalue weighted by Gasteiger charge is 2.30. The first-order valence-corrected chi connectivity index (χ1v) is 8.02. The van der Waals surface area contributed by atoms with E-state index in [9.17, 15) is 18.5 Å². The Hall–Kier alpha value is -1.51. The second-order valence-electron chi connectivity index (χ2n) is 4.94. The largest absolute Gasteiger partial charge is 0.320 e. The quantitative estimate of drug-likeness (QED) is 0.467. The zero-order valence-electron chi connectivity index (χ0n) is 12.7. The summed E-state index contributed by atoms with van der Waals surface area (Å²) < 4.78 is 26.2. The summed E-state index contributed by atoms with van der Waals surface area (Å²) in [5, 5.41) is 14.1. The maximum Gasteiger partial charge on any atom is 0.289 e. The summed E-state index contributed by atoms with van der Waals surface area (Å²) in [5.74, 6) is 0. The van der Waals surface area contributed by atoms with Crippen molar-refractivity contribution in [1.82, 2.24) is 9.62 Å². The molecular weight excluding hydrogens is 294 g/mol. The molecule has 0 aliphatic rings. The number of nitrogens with zero attached hydrogens (tertiary/aromatic N) is 2. The molecular formula is C13H21N3O4S. The summed E-state index contributed by atoms with van der Waals surface area (Å²) in [6, 6.07) is 2.68. The number of sulfonamides is 1. The summed E-state index contributed by atoms with van der Waals surface area (Å²) >= 11 is 0. The fraction of sp³-hybridized carbons (Fsp3) is 0.538. The standard InChI is InChI=1S/C13H21N3O4S/c1-10-8-12(16(17)18)13(9-11(10)2)21(19,20)15(4)7-5-6-14-3/h8-9,14H,5-7H2,1-4H3. The van der Waals surface area contributed by atoms with Gasteiger partial charge in [-0.2, -0.15) is 0 Å². The van der Waals surface area contributed by atoms with Gasteiger partial charge in [-0.1, -0.05) is 0 Å². The predicted molar refractivity (Wildman–Crippen MR) is 80.9 cm³/mol. The van der Waals surface area contributed by atoms with Crippen LogP contribution >= 0.6 is 0 Å². The SMILES string of the molecule is CNCCCN(C)S(=O)(=O)c1cc(C)c(C)cc1[N+](=O)[O-]. The molecule has 0 spiro atoms. The van der Waals surface area contributed by atoms with Crippen molar-refractivity contribution in [2.45, 2.75) is 25.2 Å². The van der Waals surface area contributed by atoms with Crippen LogP contribution in [0.1, 0.15) is 17.5 Å². The van der Waals surface area contributed by atoms with Crippen LogP contribution in [0.25, 0.3) is 0 Å². The lowest BCUT2D eigenvalue weighted by molar-refractivity contribution is -0.387. The van der Waals surface area contributed by atoms with Crippen LogP contribution in [0.3, 0.4) is 0 Å². The van der Waals surface area contributed by atoms with E-state index in [1.165, 1.54) is 19.2 Å². The van der Waals surface area contributed by atoms with E-state index in [1.54, 1.807) is 20.9 Å². The molecule has 0 saturated heterocycles. The van der Waals surface area contributed by atoms with Gasteiger partial charge in [0.1, 0.15) is 0 Å². The van der Waals surface area contributed by atoms with Crippen LogP contribution in [-0.2, 0) is 10.0 Å². The van der Waals surface area contributed by atoms with Crippen molar-refractivity contribution < 1.29 is 13.3 Å². The highest BCUT2D eigenvalue weighted by Crippen LogP contribution is 2.29. The van der Waals surface area contributed by atoms with Crippen molar-refractivity contribution in [3.05, 3.63) is 33.4 Å². The molecule has 0 bridgehead atoms. The maximum atomic E-state index is 12.5. The fourth-order valence-corrected chi connectivity index (χ4v) is 3.32. The van der Waals surface area contributed by atoms with E-state index in [-0.39, 0.29) is 10.6 Å². The summed E-state index contributed by atoms with van der Waals surface area (Å²) in [4.78, 5) is 10.2. The minimum absolute atomic E-state index is 0.248. The Labute approximate surface area is 125 Å². The average molecular weight is 315 g/mol. The molecule has 1 aromatic carbocycles. The molecule has 118 valence electrons. The number of hydrogen-bond donors (Lipinski definition) is 1. The van der Waals surface area contributed by atoms with Crippen LogP contribution in [0.15, 0.2) is 17.0 Å². The molecule has 1 aromatic rings. The third-order valence-corrected chi connectivity index (χ3v) is 5.25. The zero-order chi connectivity index (χ0) is 16.2. The van der Waals surface area contributed by atoms with E-state index in [4.69, 9.17) is 0 Å². The third-order valence-electron chi connectivity index (χ3n) is 3.36. The number of nitrogens with one attached hydrogen (secondary N) is 1. The Morgan fingerprint density at radius 1 is 1.29 bits per heavy atom. The van der Waals surface area contributed by atoms with Gasteiger partial charge in [-0.3, -0.25) is 10.1 Å². The molecule has 0 atom stereocenters. The van der Waals surface area contributed by atoms with Gasteiger partial charge < -0.3 is 5.32 Å². The number of aryl methyl sites for hydroxylation is 2. The Balaban J connectivity index is 3.24. The molecule has 0 aromatic heterocycles. The van der Waals surface area contributed by atoms with Gasteiger partial charge in [0, 0.05) is 19.7 Å². The zero-order valence-corrected chi connectivity index (χ0v) is 13.5. The van der Waals surface area contributed by atoms with Crippen molar-refractivity contribution in [1.29, 1.82) is 0 Å². The molecule has 0 fully saturated rings. The van der Waals surface area contributed by atoms with Gasteiger partial charge in [0.05, 0.1) is 4.92 Å². The molecule has 0 amide bonds. The second kappa shape index (κ2) is 6.97. The Morgan fingerprint density at radius 3 is 2.38 bits per heavy atom. The lowest BCUT2D eigenvalue weighted by Gasteiger charge is -2.17. The van der Waals surface area contributed by atoms with Gasteiger partial charge in [-0.25, -0.2) is 12.7 Å². The molecule has 1 rings (SSSR count). The van der Waals surface area contributed by atoms with Crippen LogP contribution in [-0.4, -0.2) is 44.8 Å². The van der Waals surface area contributed by atoms with Gasteiger partial charge in [0.2, 0.25) is 10.0 Å². The molecule has 0 aliphatic heterocycles. The topological polar surface area (TPSA) is 92.6 Å². The average Bonchev–Trinajstić information content (AvgIpc) is 2.41. The number of nitro groups is 1. The summed E-state index contributed by atoms with van der Waals surface area (Å²) in [6.45, 7) is 4.43. The number of rotatable bonds is 7. The molecule has 0 heterocycles. The van der Waals surface area contributed by atoms with Crippen LogP contribution in [0.2, 0.25) is 0 Å². The van der Waals surface area contributed by atoms with Crippen molar-refractivity contribution in [3.63, 3.8) is 0 Å². The van der Waals surface area contributed by atoms with Crippen LogP contribution in [0.5, 0.6) is 0 Å². The van der Waals surface area contributed by atoms with E-state index in [0.29, 0.717) is 30.6 Å². The Morgan fingerprint density at radius 2 is 1.86 bits per heavy atom. The second-order valence-corrected chi connectivity index (χ2v) is 6.96. The first kappa shape index (κ1) is 17.5. The summed E-state index contributed by atoms with van der Waals surface area (Å²) in [7, 11) is -0.656.